The van der Waals surface area contributed by atoms with Crippen LogP contribution in [-0.2, 0) is 4.79 Å². The fourth-order valence-corrected chi connectivity index (χ4v) is 2.42. The summed E-state index contributed by atoms with van der Waals surface area (Å²) in [5.41, 5.74) is 0.340. The first-order valence-electron chi connectivity index (χ1n) is 6.27. The standard InChI is InChI=1S/C14H18O6S/c1-8(15)21-6-5-11(16)13(17)9-3-4-10(14(18)19)12(7-9)20-2/h3-4,7,11,13,16-17H,5-6H2,1-2H3,(H,18,19). The summed E-state index contributed by atoms with van der Waals surface area (Å²) in [6.45, 7) is 1.43. The number of methoxy groups -OCH3 is 1. The lowest BCUT2D eigenvalue weighted by Gasteiger charge is -2.19. The number of hydrogen-bond donors (Lipinski definition) is 3. The smallest absolute Gasteiger partial charge is 0.339 e. The highest BCUT2D eigenvalue weighted by Crippen LogP contribution is 2.27. The molecule has 1 aromatic carbocycles. The zero-order valence-electron chi connectivity index (χ0n) is 11.8. The maximum atomic E-state index is 11.0. The molecule has 2 unspecified atom stereocenters. The first-order chi connectivity index (χ1) is 9.86. The van der Waals surface area contributed by atoms with Gasteiger partial charge in [0.25, 0.3) is 0 Å². The van der Waals surface area contributed by atoms with Gasteiger partial charge in [-0.1, -0.05) is 17.8 Å². The number of hydrogen-bond acceptors (Lipinski definition) is 6. The van der Waals surface area contributed by atoms with E-state index >= 15 is 0 Å². The predicted molar refractivity (Wildman–Crippen MR) is 78.7 cm³/mol. The molecule has 0 spiro atoms. The topological polar surface area (TPSA) is 104 Å². The summed E-state index contributed by atoms with van der Waals surface area (Å²) >= 11 is 1.07. The average molecular weight is 314 g/mol. The summed E-state index contributed by atoms with van der Waals surface area (Å²) in [5.74, 6) is -0.617. The molecule has 0 heterocycles. The fourth-order valence-electron chi connectivity index (χ4n) is 1.77. The molecule has 0 aliphatic heterocycles. The number of carboxylic acid groups (broad SMARTS) is 1. The normalized spacial score (nSPS) is 13.5. The highest BCUT2D eigenvalue weighted by atomic mass is 32.2. The molecule has 0 saturated heterocycles. The SMILES string of the molecule is COc1cc(C(O)C(O)CCSC(C)=O)ccc1C(=O)O. The maximum absolute atomic E-state index is 11.0. The van der Waals surface area contributed by atoms with Gasteiger partial charge in [0.15, 0.2) is 5.12 Å². The van der Waals surface area contributed by atoms with Crippen LogP contribution in [0.3, 0.4) is 0 Å². The van der Waals surface area contributed by atoms with E-state index in [0.717, 1.165) is 11.8 Å². The average Bonchev–Trinajstić information content (AvgIpc) is 2.45. The van der Waals surface area contributed by atoms with Crippen LogP contribution in [0, 0.1) is 0 Å². The Balaban J connectivity index is 2.79. The second kappa shape index (κ2) is 8.02. The number of benzene rings is 1. The second-order valence-corrected chi connectivity index (χ2v) is 5.68. The summed E-state index contributed by atoms with van der Waals surface area (Å²) in [4.78, 5) is 21.8. The zero-order valence-corrected chi connectivity index (χ0v) is 12.6. The van der Waals surface area contributed by atoms with E-state index in [1.807, 2.05) is 0 Å². The molecule has 2 atom stereocenters. The van der Waals surface area contributed by atoms with Gasteiger partial charge in [-0.25, -0.2) is 4.79 Å². The Labute approximate surface area is 126 Å². The van der Waals surface area contributed by atoms with Gasteiger partial charge in [-0.05, 0) is 24.1 Å². The van der Waals surface area contributed by atoms with Crippen LogP contribution in [0.1, 0.15) is 35.4 Å². The highest BCUT2D eigenvalue weighted by molar-refractivity contribution is 8.13. The van der Waals surface area contributed by atoms with Crippen molar-refractivity contribution in [1.82, 2.24) is 0 Å². The van der Waals surface area contributed by atoms with E-state index in [0.29, 0.717) is 11.3 Å². The third-order valence-corrected chi connectivity index (χ3v) is 3.73. The van der Waals surface area contributed by atoms with E-state index in [-0.39, 0.29) is 22.8 Å². The second-order valence-electron chi connectivity index (χ2n) is 4.41. The van der Waals surface area contributed by atoms with Gasteiger partial charge in [0.1, 0.15) is 17.4 Å². The van der Waals surface area contributed by atoms with Crippen molar-refractivity contribution < 1.29 is 29.6 Å². The Morgan fingerprint density at radius 3 is 2.52 bits per heavy atom. The molecule has 0 bridgehead atoms. The molecule has 116 valence electrons. The highest BCUT2D eigenvalue weighted by Gasteiger charge is 2.21. The minimum Gasteiger partial charge on any atom is -0.496 e. The molecule has 0 saturated carbocycles. The summed E-state index contributed by atoms with van der Waals surface area (Å²) in [6, 6.07) is 4.13. The van der Waals surface area contributed by atoms with Crippen molar-refractivity contribution in [2.24, 2.45) is 0 Å². The lowest BCUT2D eigenvalue weighted by atomic mass is 10.0. The molecule has 0 radical (unpaired) electrons. The van der Waals surface area contributed by atoms with E-state index in [4.69, 9.17) is 9.84 Å². The minimum atomic E-state index is -1.17. The summed E-state index contributed by atoms with van der Waals surface area (Å²) in [7, 11) is 1.33. The number of carbonyl (C=O) groups excluding carboxylic acids is 1. The number of rotatable bonds is 7. The van der Waals surface area contributed by atoms with E-state index < -0.39 is 18.2 Å². The van der Waals surface area contributed by atoms with Gasteiger partial charge in [0.2, 0.25) is 0 Å². The van der Waals surface area contributed by atoms with Crippen molar-refractivity contribution in [3.63, 3.8) is 0 Å². The Morgan fingerprint density at radius 2 is 2.00 bits per heavy atom. The number of carbonyl (C=O) groups is 2. The molecular weight excluding hydrogens is 296 g/mol. The fraction of sp³-hybridized carbons (Fsp3) is 0.429. The Hall–Kier alpha value is -1.57. The van der Waals surface area contributed by atoms with Gasteiger partial charge in [0.05, 0.1) is 13.2 Å². The number of aliphatic hydroxyl groups excluding tert-OH is 2. The zero-order chi connectivity index (χ0) is 16.0. The number of thioether (sulfide) groups is 1. The lowest BCUT2D eigenvalue weighted by molar-refractivity contribution is -0.109. The molecule has 1 aromatic rings. The predicted octanol–water partition coefficient (Wildman–Crippen LogP) is 1.46. The number of aliphatic hydroxyl groups is 2. The summed E-state index contributed by atoms with van der Waals surface area (Å²) in [5, 5.41) is 28.9. The third kappa shape index (κ3) is 5.04. The van der Waals surface area contributed by atoms with Gasteiger partial charge in [-0.3, -0.25) is 4.79 Å². The molecule has 0 amide bonds. The number of aromatic carboxylic acids is 1. The molecule has 3 N–H and O–H groups in total. The number of ether oxygens (including phenoxy) is 1. The van der Waals surface area contributed by atoms with Crippen LogP contribution < -0.4 is 4.74 Å². The first-order valence-corrected chi connectivity index (χ1v) is 7.26. The molecule has 0 aromatic heterocycles. The van der Waals surface area contributed by atoms with Crippen LogP contribution in [0.15, 0.2) is 18.2 Å². The van der Waals surface area contributed by atoms with E-state index in [9.17, 15) is 19.8 Å². The molecule has 6 nitrogen and oxygen atoms in total. The number of carboxylic acids is 1. The molecule has 0 aliphatic carbocycles. The van der Waals surface area contributed by atoms with Gasteiger partial charge >= 0.3 is 5.97 Å². The van der Waals surface area contributed by atoms with Crippen LogP contribution >= 0.6 is 11.8 Å². The Kier molecular flexibility index (Phi) is 6.67. The Bertz CT molecular complexity index is 516. The van der Waals surface area contributed by atoms with Gasteiger partial charge in [-0.15, -0.1) is 0 Å². The summed E-state index contributed by atoms with van der Waals surface area (Å²) < 4.78 is 4.97. The van der Waals surface area contributed by atoms with Crippen LogP contribution in [0.5, 0.6) is 5.75 Å². The molecule has 1 rings (SSSR count). The van der Waals surface area contributed by atoms with Crippen LogP contribution in [-0.4, -0.2) is 45.4 Å². The van der Waals surface area contributed by atoms with Crippen LogP contribution in [0.4, 0.5) is 0 Å². The third-order valence-electron chi connectivity index (χ3n) is 2.88. The van der Waals surface area contributed by atoms with Crippen molar-refractivity contribution in [1.29, 1.82) is 0 Å². The van der Waals surface area contributed by atoms with E-state index in [1.165, 1.54) is 32.2 Å². The van der Waals surface area contributed by atoms with Gasteiger partial charge in [-0.2, -0.15) is 0 Å². The van der Waals surface area contributed by atoms with Crippen molar-refractivity contribution in [2.75, 3.05) is 12.9 Å². The van der Waals surface area contributed by atoms with Crippen LogP contribution in [0.2, 0.25) is 0 Å². The van der Waals surface area contributed by atoms with E-state index in [2.05, 4.69) is 0 Å². The maximum Gasteiger partial charge on any atom is 0.339 e. The van der Waals surface area contributed by atoms with Crippen LogP contribution in [0.25, 0.3) is 0 Å². The molecule has 0 fully saturated rings. The first kappa shape index (κ1) is 17.5. The van der Waals surface area contributed by atoms with Gasteiger partial charge < -0.3 is 20.1 Å². The molecule has 21 heavy (non-hydrogen) atoms. The molecular formula is C14H18O6S. The van der Waals surface area contributed by atoms with E-state index in [1.54, 1.807) is 0 Å². The Morgan fingerprint density at radius 1 is 1.33 bits per heavy atom. The largest absolute Gasteiger partial charge is 0.496 e. The molecule has 7 heteroatoms. The monoisotopic (exact) mass is 314 g/mol. The van der Waals surface area contributed by atoms with Crippen molar-refractivity contribution in [3.8, 4) is 5.75 Å². The van der Waals surface area contributed by atoms with Crippen molar-refractivity contribution >= 4 is 22.8 Å². The molecule has 0 aliphatic rings. The quantitative estimate of drug-likeness (QED) is 0.700. The lowest BCUT2D eigenvalue weighted by Crippen LogP contribution is -2.19. The van der Waals surface area contributed by atoms with Gasteiger partial charge in [0, 0.05) is 12.7 Å². The minimum absolute atomic E-state index is 0.0184. The summed E-state index contributed by atoms with van der Waals surface area (Å²) in [6.07, 6.45) is -1.97. The van der Waals surface area contributed by atoms with Crippen molar-refractivity contribution in [2.45, 2.75) is 25.6 Å². The van der Waals surface area contributed by atoms with Crippen molar-refractivity contribution in [3.05, 3.63) is 29.3 Å².